The maximum atomic E-state index is 12.0. The predicted molar refractivity (Wildman–Crippen MR) is 69.2 cm³/mol. The summed E-state index contributed by atoms with van der Waals surface area (Å²) in [5.41, 5.74) is 0.464. The van der Waals surface area contributed by atoms with Crippen LogP contribution in [0.15, 0.2) is 48.5 Å². The van der Waals surface area contributed by atoms with Crippen LogP contribution in [0.25, 0.3) is 0 Å². The highest BCUT2D eigenvalue weighted by molar-refractivity contribution is 5.95. The number of hydrogen-bond acceptors (Lipinski definition) is 4. The Morgan fingerprint density at radius 2 is 1.74 bits per heavy atom. The molecule has 0 aliphatic heterocycles. The standard InChI is InChI=1S/C14H11NO4/c1-10-6-2-5-9-13(10)19-14(16)11-7-3-4-8-12(11)15(17)18/h2-9H,1H3. The summed E-state index contributed by atoms with van der Waals surface area (Å²) in [6.45, 7) is 1.79. The minimum Gasteiger partial charge on any atom is -0.422 e. The van der Waals surface area contributed by atoms with Gasteiger partial charge in [-0.05, 0) is 24.6 Å². The minimum atomic E-state index is -0.735. The zero-order chi connectivity index (χ0) is 13.8. The number of carbonyl (C=O) groups is 1. The van der Waals surface area contributed by atoms with Gasteiger partial charge in [-0.3, -0.25) is 10.1 Å². The monoisotopic (exact) mass is 257 g/mol. The molecule has 0 amide bonds. The summed E-state index contributed by atoms with van der Waals surface area (Å²) < 4.78 is 5.18. The molecule has 2 rings (SSSR count). The molecule has 5 heteroatoms. The molecule has 2 aromatic carbocycles. The zero-order valence-electron chi connectivity index (χ0n) is 10.2. The van der Waals surface area contributed by atoms with Gasteiger partial charge in [-0.2, -0.15) is 0 Å². The van der Waals surface area contributed by atoms with Crippen molar-refractivity contribution in [2.75, 3.05) is 0 Å². The summed E-state index contributed by atoms with van der Waals surface area (Å²) >= 11 is 0. The van der Waals surface area contributed by atoms with Crippen LogP contribution in [0.3, 0.4) is 0 Å². The van der Waals surface area contributed by atoms with Crippen molar-refractivity contribution in [2.24, 2.45) is 0 Å². The molecule has 0 atom stereocenters. The van der Waals surface area contributed by atoms with E-state index in [0.29, 0.717) is 5.75 Å². The van der Waals surface area contributed by atoms with Gasteiger partial charge in [0.1, 0.15) is 11.3 Å². The lowest BCUT2D eigenvalue weighted by molar-refractivity contribution is -0.385. The number of benzene rings is 2. The molecule has 0 aliphatic carbocycles. The van der Waals surface area contributed by atoms with Gasteiger partial charge in [-0.25, -0.2) is 4.79 Å². The molecule has 0 spiro atoms. The quantitative estimate of drug-likeness (QED) is 0.366. The first-order valence-corrected chi connectivity index (χ1v) is 5.61. The van der Waals surface area contributed by atoms with Gasteiger partial charge in [0.25, 0.3) is 5.69 Å². The Morgan fingerprint density at radius 1 is 1.11 bits per heavy atom. The SMILES string of the molecule is Cc1ccccc1OC(=O)c1ccccc1[N+](=O)[O-]. The summed E-state index contributed by atoms with van der Waals surface area (Å²) in [5, 5.41) is 10.8. The van der Waals surface area contributed by atoms with Gasteiger partial charge >= 0.3 is 5.97 Å². The van der Waals surface area contributed by atoms with Crippen LogP contribution >= 0.6 is 0 Å². The van der Waals surface area contributed by atoms with Crippen molar-refractivity contribution in [3.05, 3.63) is 69.8 Å². The van der Waals surface area contributed by atoms with Crippen LogP contribution < -0.4 is 4.74 Å². The van der Waals surface area contributed by atoms with Crippen LogP contribution in [-0.4, -0.2) is 10.9 Å². The van der Waals surface area contributed by atoms with Crippen molar-refractivity contribution in [3.63, 3.8) is 0 Å². The Bertz CT molecular complexity index is 637. The number of carbonyl (C=O) groups excluding carboxylic acids is 1. The third-order valence-electron chi connectivity index (χ3n) is 2.62. The molecule has 5 nitrogen and oxygen atoms in total. The van der Waals surface area contributed by atoms with Crippen LogP contribution in [-0.2, 0) is 0 Å². The summed E-state index contributed by atoms with van der Waals surface area (Å²) in [4.78, 5) is 22.2. The molecule has 19 heavy (non-hydrogen) atoms. The lowest BCUT2D eigenvalue weighted by Crippen LogP contribution is -2.11. The fraction of sp³-hybridized carbons (Fsp3) is 0.0714. The number of rotatable bonds is 3. The predicted octanol–water partition coefficient (Wildman–Crippen LogP) is 3.12. The molecular formula is C14H11NO4. The number of nitrogens with zero attached hydrogens (tertiary/aromatic N) is 1. The smallest absolute Gasteiger partial charge is 0.350 e. The van der Waals surface area contributed by atoms with E-state index in [-0.39, 0.29) is 11.3 Å². The summed E-state index contributed by atoms with van der Waals surface area (Å²) in [6, 6.07) is 12.7. The van der Waals surface area contributed by atoms with Crippen LogP contribution in [0.2, 0.25) is 0 Å². The highest BCUT2D eigenvalue weighted by Gasteiger charge is 2.21. The molecule has 0 saturated carbocycles. The average Bonchev–Trinajstić information content (AvgIpc) is 2.41. The van der Waals surface area contributed by atoms with E-state index in [4.69, 9.17) is 4.74 Å². The molecule has 0 N–H and O–H groups in total. The normalized spacial score (nSPS) is 9.95. The van der Waals surface area contributed by atoms with E-state index in [9.17, 15) is 14.9 Å². The summed E-state index contributed by atoms with van der Waals surface area (Å²) in [7, 11) is 0. The van der Waals surface area contributed by atoms with Gasteiger partial charge in [-0.15, -0.1) is 0 Å². The molecule has 0 heterocycles. The zero-order valence-corrected chi connectivity index (χ0v) is 10.2. The summed E-state index contributed by atoms with van der Waals surface area (Å²) in [6.07, 6.45) is 0. The van der Waals surface area contributed by atoms with Crippen LogP contribution in [0, 0.1) is 17.0 Å². The number of para-hydroxylation sites is 2. The third-order valence-corrected chi connectivity index (χ3v) is 2.62. The Balaban J connectivity index is 2.31. The maximum Gasteiger partial charge on any atom is 0.350 e. The Morgan fingerprint density at radius 3 is 2.42 bits per heavy atom. The molecule has 0 unspecified atom stereocenters. The first-order chi connectivity index (χ1) is 9.09. The highest BCUT2D eigenvalue weighted by atomic mass is 16.6. The lowest BCUT2D eigenvalue weighted by atomic mass is 10.2. The van der Waals surface area contributed by atoms with Crippen molar-refractivity contribution in [1.82, 2.24) is 0 Å². The van der Waals surface area contributed by atoms with E-state index >= 15 is 0 Å². The number of ether oxygens (including phenoxy) is 1. The van der Waals surface area contributed by atoms with E-state index in [1.54, 1.807) is 31.2 Å². The van der Waals surface area contributed by atoms with Crippen molar-refractivity contribution in [3.8, 4) is 5.75 Å². The molecule has 96 valence electrons. The van der Waals surface area contributed by atoms with Gasteiger partial charge in [0.2, 0.25) is 0 Å². The van der Waals surface area contributed by atoms with Crippen LogP contribution in [0.4, 0.5) is 5.69 Å². The average molecular weight is 257 g/mol. The van der Waals surface area contributed by atoms with Gasteiger partial charge in [-0.1, -0.05) is 30.3 Å². The largest absolute Gasteiger partial charge is 0.422 e. The van der Waals surface area contributed by atoms with Crippen molar-refractivity contribution in [1.29, 1.82) is 0 Å². The first-order valence-electron chi connectivity index (χ1n) is 5.61. The molecule has 0 saturated heterocycles. The van der Waals surface area contributed by atoms with Crippen molar-refractivity contribution < 1.29 is 14.5 Å². The Kier molecular flexibility index (Phi) is 3.56. The number of nitro groups is 1. The van der Waals surface area contributed by atoms with E-state index in [1.165, 1.54) is 18.2 Å². The minimum absolute atomic E-state index is 0.0595. The van der Waals surface area contributed by atoms with E-state index < -0.39 is 10.9 Å². The van der Waals surface area contributed by atoms with Crippen LogP contribution in [0.1, 0.15) is 15.9 Å². The number of hydrogen-bond donors (Lipinski definition) is 0. The van der Waals surface area contributed by atoms with Crippen LogP contribution in [0.5, 0.6) is 5.75 Å². The highest BCUT2D eigenvalue weighted by Crippen LogP contribution is 2.22. The fourth-order valence-corrected chi connectivity index (χ4v) is 1.63. The first kappa shape index (κ1) is 12.8. The van der Waals surface area contributed by atoms with Gasteiger partial charge in [0, 0.05) is 6.07 Å². The Hall–Kier alpha value is -2.69. The van der Waals surface area contributed by atoms with Crippen molar-refractivity contribution >= 4 is 11.7 Å². The topological polar surface area (TPSA) is 69.4 Å². The molecule has 0 radical (unpaired) electrons. The van der Waals surface area contributed by atoms with E-state index in [1.807, 2.05) is 6.07 Å². The Labute approximate surface area is 109 Å². The second kappa shape index (κ2) is 5.30. The van der Waals surface area contributed by atoms with Gasteiger partial charge in [0.05, 0.1) is 4.92 Å². The van der Waals surface area contributed by atoms with Gasteiger partial charge < -0.3 is 4.74 Å². The summed E-state index contributed by atoms with van der Waals surface area (Å²) in [5.74, 6) is -0.341. The molecule has 2 aromatic rings. The second-order valence-electron chi connectivity index (χ2n) is 3.93. The lowest BCUT2D eigenvalue weighted by Gasteiger charge is -2.07. The van der Waals surface area contributed by atoms with E-state index in [2.05, 4.69) is 0 Å². The number of esters is 1. The molecule has 0 aliphatic rings. The van der Waals surface area contributed by atoms with Gasteiger partial charge in [0.15, 0.2) is 0 Å². The third kappa shape index (κ3) is 2.77. The molecule has 0 bridgehead atoms. The molecule has 0 aromatic heterocycles. The van der Waals surface area contributed by atoms with Crippen molar-refractivity contribution in [2.45, 2.75) is 6.92 Å². The fourth-order valence-electron chi connectivity index (χ4n) is 1.63. The molecule has 0 fully saturated rings. The number of nitro benzene ring substituents is 1. The van der Waals surface area contributed by atoms with E-state index in [0.717, 1.165) is 5.56 Å². The molecular weight excluding hydrogens is 246 g/mol. The number of aryl methyl sites for hydroxylation is 1. The maximum absolute atomic E-state index is 12.0. The second-order valence-corrected chi connectivity index (χ2v) is 3.93.